The first-order chi connectivity index (χ1) is 6.15. The van der Waals surface area contributed by atoms with Crippen LogP contribution in [0.2, 0.25) is 0 Å². The van der Waals surface area contributed by atoms with Gasteiger partial charge in [0.1, 0.15) is 0 Å². The first-order valence-electron chi connectivity index (χ1n) is 4.71. The van der Waals surface area contributed by atoms with Gasteiger partial charge < -0.3 is 0 Å². The largest absolute Gasteiger partial charge is 0.261 e. The van der Waals surface area contributed by atoms with Crippen LogP contribution in [0, 0.1) is 6.92 Å². The van der Waals surface area contributed by atoms with Crippen LogP contribution in [-0.4, -0.2) is 9.81 Å². The summed E-state index contributed by atoms with van der Waals surface area (Å²) in [5, 5.41) is 0. The molecule has 2 unspecified atom stereocenters. The zero-order chi connectivity index (χ0) is 9.84. The Bertz CT molecular complexity index is 255. The minimum Gasteiger partial charge on any atom is -0.261 e. The highest BCUT2D eigenvalue weighted by atomic mass is 79.9. The molecule has 1 nitrogen and oxygen atoms in total. The van der Waals surface area contributed by atoms with E-state index >= 15 is 0 Å². The summed E-state index contributed by atoms with van der Waals surface area (Å²) in [5.41, 5.74) is 2.40. The Labute approximate surface area is 88.7 Å². The van der Waals surface area contributed by atoms with Crippen LogP contribution < -0.4 is 0 Å². The summed E-state index contributed by atoms with van der Waals surface area (Å²) in [7, 11) is 0. The van der Waals surface area contributed by atoms with Gasteiger partial charge >= 0.3 is 0 Å². The topological polar surface area (TPSA) is 12.9 Å². The van der Waals surface area contributed by atoms with E-state index < -0.39 is 0 Å². The molecule has 0 fully saturated rings. The molecular formula is C11H16BrN. The van der Waals surface area contributed by atoms with Gasteiger partial charge in [-0.05, 0) is 25.0 Å². The number of pyridine rings is 1. The van der Waals surface area contributed by atoms with E-state index in [1.807, 2.05) is 6.20 Å². The average molecular weight is 242 g/mol. The van der Waals surface area contributed by atoms with Crippen molar-refractivity contribution in [3.8, 4) is 0 Å². The highest BCUT2D eigenvalue weighted by Crippen LogP contribution is 2.25. The third-order valence-electron chi connectivity index (χ3n) is 2.33. The van der Waals surface area contributed by atoms with E-state index in [9.17, 15) is 0 Å². The van der Waals surface area contributed by atoms with Gasteiger partial charge in [0.2, 0.25) is 0 Å². The van der Waals surface area contributed by atoms with Gasteiger partial charge in [-0.25, -0.2) is 0 Å². The number of nitrogens with zero attached hydrogens (tertiary/aromatic N) is 1. The van der Waals surface area contributed by atoms with Gasteiger partial charge in [-0.2, -0.15) is 0 Å². The first-order valence-corrected chi connectivity index (χ1v) is 5.63. The van der Waals surface area contributed by atoms with Crippen LogP contribution in [-0.2, 0) is 0 Å². The Morgan fingerprint density at radius 1 is 1.46 bits per heavy atom. The summed E-state index contributed by atoms with van der Waals surface area (Å²) < 4.78 is 0. The molecule has 0 aliphatic carbocycles. The molecule has 1 aromatic rings. The second-order valence-corrected chi connectivity index (χ2v) is 4.65. The van der Waals surface area contributed by atoms with Gasteiger partial charge in [0.15, 0.2) is 0 Å². The van der Waals surface area contributed by atoms with Crippen molar-refractivity contribution in [2.75, 3.05) is 0 Å². The van der Waals surface area contributed by atoms with E-state index in [1.165, 1.54) is 11.3 Å². The van der Waals surface area contributed by atoms with E-state index in [0.717, 1.165) is 6.42 Å². The highest BCUT2D eigenvalue weighted by Gasteiger charge is 2.14. The molecule has 72 valence electrons. The molecule has 0 N–H and O–H groups in total. The molecule has 1 aromatic heterocycles. The second kappa shape index (κ2) is 4.75. The lowest BCUT2D eigenvalue weighted by Crippen LogP contribution is -2.09. The molecule has 0 aliphatic heterocycles. The van der Waals surface area contributed by atoms with Crippen molar-refractivity contribution in [1.82, 2.24) is 4.98 Å². The summed E-state index contributed by atoms with van der Waals surface area (Å²) >= 11 is 3.66. The van der Waals surface area contributed by atoms with Crippen LogP contribution in [0.25, 0.3) is 0 Å². The predicted molar refractivity (Wildman–Crippen MR) is 60.4 cm³/mol. The molecule has 0 aliphatic rings. The van der Waals surface area contributed by atoms with Gasteiger partial charge in [0, 0.05) is 22.6 Å². The number of aryl methyl sites for hydroxylation is 1. The number of aromatic nitrogens is 1. The van der Waals surface area contributed by atoms with Crippen molar-refractivity contribution in [3.63, 3.8) is 0 Å². The molecule has 2 heteroatoms. The maximum absolute atomic E-state index is 4.42. The number of hydrogen-bond acceptors (Lipinski definition) is 1. The van der Waals surface area contributed by atoms with Crippen LogP contribution in [0.15, 0.2) is 18.3 Å². The van der Waals surface area contributed by atoms with Gasteiger partial charge in [0.05, 0.1) is 0 Å². The smallest absolute Gasteiger partial charge is 0.0443 e. The predicted octanol–water partition coefficient (Wildman–Crippen LogP) is 3.67. The lowest BCUT2D eigenvalue weighted by molar-refractivity contribution is 0.674. The Morgan fingerprint density at radius 3 is 2.62 bits per heavy atom. The quantitative estimate of drug-likeness (QED) is 0.737. The standard InChI is InChI=1S/C11H16BrN/c1-4-10(12)9(3)11-6-5-8(2)7-13-11/h5-7,9-10H,4H2,1-3H3. The van der Waals surface area contributed by atoms with Crippen molar-refractivity contribution in [3.05, 3.63) is 29.6 Å². The SMILES string of the molecule is CCC(Br)C(C)c1ccc(C)cn1. The summed E-state index contributed by atoms with van der Waals surface area (Å²) in [4.78, 5) is 4.95. The second-order valence-electron chi connectivity index (χ2n) is 3.47. The number of alkyl halides is 1. The van der Waals surface area contributed by atoms with Gasteiger partial charge in [0.25, 0.3) is 0 Å². The molecule has 0 radical (unpaired) electrons. The molecule has 0 spiro atoms. The van der Waals surface area contributed by atoms with Gasteiger partial charge in [-0.15, -0.1) is 0 Å². The third kappa shape index (κ3) is 2.80. The fraction of sp³-hybridized carbons (Fsp3) is 0.545. The van der Waals surface area contributed by atoms with Crippen LogP contribution in [0.5, 0.6) is 0 Å². The van der Waals surface area contributed by atoms with Gasteiger partial charge in [-0.1, -0.05) is 35.8 Å². The van der Waals surface area contributed by atoms with Crippen molar-refractivity contribution in [1.29, 1.82) is 0 Å². The van der Waals surface area contributed by atoms with E-state index in [0.29, 0.717) is 10.7 Å². The van der Waals surface area contributed by atoms with Crippen molar-refractivity contribution in [2.24, 2.45) is 0 Å². The third-order valence-corrected chi connectivity index (χ3v) is 3.77. The molecule has 0 amide bonds. The Balaban J connectivity index is 2.77. The Kier molecular flexibility index (Phi) is 3.91. The number of halogens is 1. The molecule has 13 heavy (non-hydrogen) atoms. The Morgan fingerprint density at radius 2 is 2.15 bits per heavy atom. The van der Waals surface area contributed by atoms with Crippen molar-refractivity contribution in [2.45, 2.75) is 37.9 Å². The monoisotopic (exact) mass is 241 g/mol. The maximum atomic E-state index is 4.42. The lowest BCUT2D eigenvalue weighted by Gasteiger charge is -2.15. The van der Waals surface area contributed by atoms with E-state index in [1.54, 1.807) is 0 Å². The molecule has 0 bridgehead atoms. The van der Waals surface area contributed by atoms with Gasteiger partial charge in [-0.3, -0.25) is 4.98 Å². The minimum atomic E-state index is 0.491. The average Bonchev–Trinajstić information content (AvgIpc) is 2.17. The van der Waals surface area contributed by atoms with E-state index in [2.05, 4.69) is 53.8 Å². The summed E-state index contributed by atoms with van der Waals surface area (Å²) in [6, 6.07) is 4.23. The summed E-state index contributed by atoms with van der Waals surface area (Å²) in [6.07, 6.45) is 3.07. The number of rotatable bonds is 3. The van der Waals surface area contributed by atoms with Crippen molar-refractivity contribution < 1.29 is 0 Å². The van der Waals surface area contributed by atoms with Crippen LogP contribution in [0.4, 0.5) is 0 Å². The zero-order valence-electron chi connectivity index (χ0n) is 8.42. The molecule has 0 saturated heterocycles. The van der Waals surface area contributed by atoms with E-state index in [-0.39, 0.29) is 0 Å². The Hall–Kier alpha value is -0.370. The minimum absolute atomic E-state index is 0.491. The molecule has 0 aromatic carbocycles. The summed E-state index contributed by atoms with van der Waals surface area (Å²) in [5.74, 6) is 0.491. The van der Waals surface area contributed by atoms with Crippen molar-refractivity contribution >= 4 is 15.9 Å². The zero-order valence-corrected chi connectivity index (χ0v) is 10.0. The molecule has 1 heterocycles. The number of hydrogen-bond donors (Lipinski definition) is 0. The maximum Gasteiger partial charge on any atom is 0.0443 e. The molecule has 2 atom stereocenters. The fourth-order valence-electron chi connectivity index (χ4n) is 1.29. The highest BCUT2D eigenvalue weighted by molar-refractivity contribution is 9.09. The summed E-state index contributed by atoms with van der Waals surface area (Å²) in [6.45, 7) is 6.46. The van der Waals surface area contributed by atoms with Crippen LogP contribution in [0.1, 0.15) is 37.4 Å². The molecule has 0 saturated carbocycles. The lowest BCUT2D eigenvalue weighted by atomic mass is 10.0. The van der Waals surface area contributed by atoms with Crippen LogP contribution in [0.3, 0.4) is 0 Å². The fourth-order valence-corrected chi connectivity index (χ4v) is 1.56. The first kappa shape index (κ1) is 10.7. The normalized spacial score (nSPS) is 15.4. The molecule has 1 rings (SSSR count). The van der Waals surface area contributed by atoms with Crippen LogP contribution >= 0.6 is 15.9 Å². The molecular weight excluding hydrogens is 226 g/mol. The van der Waals surface area contributed by atoms with E-state index in [4.69, 9.17) is 0 Å².